The molecule has 0 amide bonds. The Kier molecular flexibility index (Phi) is 3.91. The number of hydrogen-bond donors (Lipinski definition) is 2. The lowest BCUT2D eigenvalue weighted by molar-refractivity contribution is -0.138. The van der Waals surface area contributed by atoms with Gasteiger partial charge in [-0.25, -0.2) is 13.1 Å². The van der Waals surface area contributed by atoms with E-state index in [0.717, 1.165) is 0 Å². The topological polar surface area (TPSA) is 83.5 Å². The highest BCUT2D eigenvalue weighted by Crippen LogP contribution is 1.89. The lowest BCUT2D eigenvalue weighted by Gasteiger charge is -2.07. The molecule has 0 aromatic rings. The van der Waals surface area contributed by atoms with Crippen molar-refractivity contribution in [2.45, 2.75) is 13.0 Å². The Bertz CT molecular complexity index is 269. The number of sulfonamides is 1. The van der Waals surface area contributed by atoms with E-state index in [0.29, 0.717) is 0 Å². The highest BCUT2D eigenvalue weighted by molar-refractivity contribution is 7.89. The van der Waals surface area contributed by atoms with Crippen molar-refractivity contribution in [3.63, 3.8) is 0 Å². The summed E-state index contributed by atoms with van der Waals surface area (Å²) in [4.78, 5) is 10.2. The molecule has 6 heteroatoms. The van der Waals surface area contributed by atoms with Crippen molar-refractivity contribution < 1.29 is 18.3 Å². The first-order valence-electron chi connectivity index (χ1n) is 3.23. The second-order valence-electron chi connectivity index (χ2n) is 2.25. The number of aliphatic carboxylic acids is 1. The van der Waals surface area contributed by atoms with E-state index < -0.39 is 22.0 Å². The van der Waals surface area contributed by atoms with Crippen LogP contribution in [0.15, 0.2) is 12.7 Å². The van der Waals surface area contributed by atoms with Crippen molar-refractivity contribution in [3.05, 3.63) is 12.7 Å². The molecule has 0 spiro atoms. The van der Waals surface area contributed by atoms with Gasteiger partial charge in [0.15, 0.2) is 0 Å². The fraction of sp³-hybridized carbons (Fsp3) is 0.500. The Morgan fingerprint density at radius 2 is 2.25 bits per heavy atom. The number of nitrogens with one attached hydrogen (secondary N) is 1. The second-order valence-corrected chi connectivity index (χ2v) is 4.05. The number of hydrogen-bond acceptors (Lipinski definition) is 3. The molecule has 1 atom stereocenters. The first-order chi connectivity index (χ1) is 5.39. The third kappa shape index (κ3) is 4.09. The van der Waals surface area contributed by atoms with Crippen molar-refractivity contribution in [2.75, 3.05) is 5.75 Å². The van der Waals surface area contributed by atoms with Crippen LogP contribution in [0.1, 0.15) is 6.92 Å². The predicted octanol–water partition coefficient (Wildman–Crippen LogP) is -0.435. The fourth-order valence-corrected chi connectivity index (χ4v) is 1.57. The van der Waals surface area contributed by atoms with Gasteiger partial charge in [0.2, 0.25) is 10.0 Å². The SMILES string of the molecule is C=CCS(=O)(=O)N[C@@H](C)C(=O)O. The molecule has 0 heterocycles. The summed E-state index contributed by atoms with van der Waals surface area (Å²) in [6.45, 7) is 4.48. The molecule has 0 fully saturated rings. The zero-order valence-corrected chi connectivity index (χ0v) is 7.47. The molecular weight excluding hydrogens is 182 g/mol. The minimum absolute atomic E-state index is 0.273. The van der Waals surface area contributed by atoms with Crippen molar-refractivity contribution in [1.29, 1.82) is 0 Å². The summed E-state index contributed by atoms with van der Waals surface area (Å²) in [5.41, 5.74) is 0. The molecule has 0 aromatic heterocycles. The zero-order valence-electron chi connectivity index (χ0n) is 6.65. The van der Waals surface area contributed by atoms with Crippen LogP contribution < -0.4 is 4.72 Å². The van der Waals surface area contributed by atoms with Gasteiger partial charge in [-0.3, -0.25) is 4.79 Å². The Morgan fingerprint density at radius 3 is 2.58 bits per heavy atom. The van der Waals surface area contributed by atoms with Crippen molar-refractivity contribution in [3.8, 4) is 0 Å². The molecule has 0 unspecified atom stereocenters. The quantitative estimate of drug-likeness (QED) is 0.580. The monoisotopic (exact) mass is 193 g/mol. The highest BCUT2D eigenvalue weighted by atomic mass is 32.2. The molecule has 0 aliphatic carbocycles. The maximum absolute atomic E-state index is 10.9. The summed E-state index contributed by atoms with van der Waals surface area (Å²) in [5.74, 6) is -1.48. The van der Waals surface area contributed by atoms with Gasteiger partial charge in [-0.15, -0.1) is 6.58 Å². The average molecular weight is 193 g/mol. The molecule has 12 heavy (non-hydrogen) atoms. The molecule has 0 saturated carbocycles. The largest absolute Gasteiger partial charge is 0.480 e. The summed E-state index contributed by atoms with van der Waals surface area (Å²) < 4.78 is 23.8. The van der Waals surface area contributed by atoms with E-state index in [2.05, 4.69) is 6.58 Å². The van der Waals surface area contributed by atoms with Crippen molar-refractivity contribution in [1.82, 2.24) is 4.72 Å². The minimum Gasteiger partial charge on any atom is -0.480 e. The Hall–Kier alpha value is -0.880. The third-order valence-corrected chi connectivity index (χ3v) is 2.45. The Labute approximate surface area is 71.1 Å². The summed E-state index contributed by atoms with van der Waals surface area (Å²) >= 11 is 0. The van der Waals surface area contributed by atoms with Gasteiger partial charge in [-0.2, -0.15) is 0 Å². The van der Waals surface area contributed by atoms with E-state index in [1.807, 2.05) is 4.72 Å². The molecule has 0 aromatic carbocycles. The zero-order chi connectivity index (χ0) is 9.78. The maximum atomic E-state index is 10.9. The smallest absolute Gasteiger partial charge is 0.321 e. The third-order valence-electron chi connectivity index (χ3n) is 1.06. The highest BCUT2D eigenvalue weighted by Gasteiger charge is 2.17. The van der Waals surface area contributed by atoms with Gasteiger partial charge in [0.05, 0.1) is 5.75 Å². The molecule has 0 saturated heterocycles. The number of carboxylic acids is 1. The van der Waals surface area contributed by atoms with E-state index in [4.69, 9.17) is 5.11 Å². The van der Waals surface area contributed by atoms with Crippen LogP contribution >= 0.6 is 0 Å². The molecule has 2 N–H and O–H groups in total. The van der Waals surface area contributed by atoms with Gasteiger partial charge in [0.25, 0.3) is 0 Å². The number of carbonyl (C=O) groups is 1. The number of carboxylic acid groups (broad SMARTS) is 1. The Balaban J connectivity index is 4.25. The van der Waals surface area contributed by atoms with Crippen LogP contribution in [-0.4, -0.2) is 31.3 Å². The van der Waals surface area contributed by atoms with Crippen LogP contribution in [0.3, 0.4) is 0 Å². The van der Waals surface area contributed by atoms with Crippen LogP contribution in [0.5, 0.6) is 0 Å². The minimum atomic E-state index is -3.52. The van der Waals surface area contributed by atoms with E-state index in [1.165, 1.54) is 13.0 Å². The van der Waals surface area contributed by atoms with Crippen LogP contribution in [0.25, 0.3) is 0 Å². The Morgan fingerprint density at radius 1 is 1.75 bits per heavy atom. The standard InChI is InChI=1S/C6H11NO4S/c1-3-4-12(10,11)7-5(2)6(8)9/h3,5,7H,1,4H2,2H3,(H,8,9)/t5-/m0/s1. The van der Waals surface area contributed by atoms with Gasteiger partial charge >= 0.3 is 5.97 Å². The van der Waals surface area contributed by atoms with Crippen LogP contribution in [0.4, 0.5) is 0 Å². The van der Waals surface area contributed by atoms with Gasteiger partial charge in [0.1, 0.15) is 6.04 Å². The van der Waals surface area contributed by atoms with E-state index in [1.54, 1.807) is 0 Å². The molecule has 70 valence electrons. The summed E-state index contributed by atoms with van der Waals surface area (Å²) in [6.07, 6.45) is 1.19. The first kappa shape index (κ1) is 11.1. The van der Waals surface area contributed by atoms with Crippen LogP contribution in [0.2, 0.25) is 0 Å². The van der Waals surface area contributed by atoms with E-state index in [-0.39, 0.29) is 5.75 Å². The maximum Gasteiger partial charge on any atom is 0.321 e. The second kappa shape index (κ2) is 4.22. The normalized spacial score (nSPS) is 13.8. The molecule has 0 radical (unpaired) electrons. The lowest BCUT2D eigenvalue weighted by Crippen LogP contribution is -2.39. The summed E-state index contributed by atoms with van der Waals surface area (Å²) in [5, 5.41) is 8.36. The predicted molar refractivity (Wildman–Crippen MR) is 44.2 cm³/mol. The molecule has 0 aliphatic heterocycles. The van der Waals surface area contributed by atoms with Gasteiger partial charge in [-0.1, -0.05) is 6.08 Å². The van der Waals surface area contributed by atoms with Crippen LogP contribution in [0, 0.1) is 0 Å². The average Bonchev–Trinajstić information content (AvgIpc) is 1.85. The molecule has 0 aliphatic rings. The number of rotatable bonds is 5. The van der Waals surface area contributed by atoms with E-state index >= 15 is 0 Å². The van der Waals surface area contributed by atoms with Crippen molar-refractivity contribution in [2.24, 2.45) is 0 Å². The van der Waals surface area contributed by atoms with E-state index in [9.17, 15) is 13.2 Å². The van der Waals surface area contributed by atoms with Crippen LogP contribution in [-0.2, 0) is 14.8 Å². The molecule has 0 bridgehead atoms. The molecular formula is C6H11NO4S. The van der Waals surface area contributed by atoms with Crippen molar-refractivity contribution >= 4 is 16.0 Å². The lowest BCUT2D eigenvalue weighted by atomic mass is 10.4. The van der Waals surface area contributed by atoms with Gasteiger partial charge < -0.3 is 5.11 Å². The molecule has 5 nitrogen and oxygen atoms in total. The van der Waals surface area contributed by atoms with Gasteiger partial charge in [0, 0.05) is 0 Å². The first-order valence-corrected chi connectivity index (χ1v) is 4.88. The molecule has 0 rings (SSSR count). The fourth-order valence-electron chi connectivity index (χ4n) is 0.523. The van der Waals surface area contributed by atoms with Gasteiger partial charge in [-0.05, 0) is 6.92 Å². The summed E-state index contributed by atoms with van der Waals surface area (Å²) in [6, 6.07) is -1.10. The summed E-state index contributed by atoms with van der Waals surface area (Å²) in [7, 11) is -3.52.